The van der Waals surface area contributed by atoms with Crippen molar-refractivity contribution in [1.29, 1.82) is 0 Å². The van der Waals surface area contributed by atoms with Crippen LogP contribution in [0, 0.1) is 24.7 Å². The Morgan fingerprint density at radius 2 is 2.38 bits per heavy atom. The van der Waals surface area contributed by atoms with Crippen molar-refractivity contribution in [3.05, 3.63) is 21.4 Å². The van der Waals surface area contributed by atoms with E-state index in [0.29, 0.717) is 24.4 Å². The van der Waals surface area contributed by atoms with E-state index in [2.05, 4.69) is 11.8 Å². The lowest BCUT2D eigenvalue weighted by molar-refractivity contribution is 0.0767. The van der Waals surface area contributed by atoms with Gasteiger partial charge in [0.25, 0.3) is 5.91 Å². The molecule has 1 aromatic heterocycles. The van der Waals surface area contributed by atoms with Gasteiger partial charge in [0.15, 0.2) is 0 Å². The monoisotopic (exact) mass is 307 g/mol. The molecule has 0 saturated carbocycles. The van der Waals surface area contributed by atoms with Gasteiger partial charge >= 0.3 is 0 Å². The van der Waals surface area contributed by atoms with Gasteiger partial charge in [-0.3, -0.25) is 4.79 Å². The molecule has 4 nitrogen and oxygen atoms in total. The molecular weight excluding hydrogens is 286 g/mol. The summed E-state index contributed by atoms with van der Waals surface area (Å²) in [6.07, 6.45) is 0.938. The third-order valence-corrected chi connectivity index (χ3v) is 4.90. The van der Waals surface area contributed by atoms with E-state index in [0.717, 1.165) is 16.9 Å². The fourth-order valence-electron chi connectivity index (χ4n) is 2.43. The molecule has 2 atom stereocenters. The normalized spacial score (nSPS) is 19.2. The molecule has 0 aromatic carbocycles. The third kappa shape index (κ3) is 3.85. The van der Waals surface area contributed by atoms with Gasteiger partial charge in [-0.15, -0.1) is 11.3 Å². The molecule has 1 saturated heterocycles. The zero-order chi connectivity index (χ0) is 15.4. The van der Waals surface area contributed by atoms with E-state index in [1.54, 1.807) is 6.92 Å². The molecule has 21 heavy (non-hydrogen) atoms. The number of amides is 1. The molecule has 2 rings (SSSR count). The molecule has 1 amide bonds. The summed E-state index contributed by atoms with van der Waals surface area (Å²) in [4.78, 5) is 15.9. The average molecular weight is 307 g/mol. The van der Waals surface area contributed by atoms with Crippen LogP contribution >= 0.6 is 11.3 Å². The van der Waals surface area contributed by atoms with E-state index >= 15 is 0 Å². The summed E-state index contributed by atoms with van der Waals surface area (Å²) in [6, 6.07) is 1.88. The van der Waals surface area contributed by atoms with Crippen molar-refractivity contribution in [3.8, 4) is 11.8 Å². The summed E-state index contributed by atoms with van der Waals surface area (Å²) in [6.45, 7) is 5.11. The molecule has 1 fully saturated rings. The van der Waals surface area contributed by atoms with Gasteiger partial charge in [0.05, 0.1) is 22.5 Å². The lowest BCUT2D eigenvalue weighted by Crippen LogP contribution is -2.29. The van der Waals surface area contributed by atoms with Crippen molar-refractivity contribution in [2.45, 2.75) is 32.8 Å². The molecule has 1 aliphatic rings. The average Bonchev–Trinajstić information content (AvgIpc) is 3.06. The number of hydrogen-bond acceptors (Lipinski definition) is 4. The predicted octanol–water partition coefficient (Wildman–Crippen LogP) is 1.63. The summed E-state index contributed by atoms with van der Waals surface area (Å²) < 4.78 is 0. The van der Waals surface area contributed by atoms with Crippen molar-refractivity contribution in [1.82, 2.24) is 4.90 Å². The number of nitrogens with zero attached hydrogens (tertiary/aromatic N) is 1. The molecule has 2 unspecified atom stereocenters. The standard InChI is InChI=1S/C16H21NO3S/c1-11-9-15(21-14(11)5-3-4-8-18)16(20)17-7-6-13(10-17)12(2)19/h9,12-13,18-19H,4,6-8,10H2,1-2H3. The zero-order valence-electron chi connectivity index (χ0n) is 12.4. The zero-order valence-corrected chi connectivity index (χ0v) is 13.2. The van der Waals surface area contributed by atoms with Crippen LogP contribution in [0.1, 0.15) is 39.9 Å². The van der Waals surface area contributed by atoms with Crippen LogP contribution in [0.3, 0.4) is 0 Å². The summed E-state index contributed by atoms with van der Waals surface area (Å²) in [5.41, 5.74) is 1.00. The lowest BCUT2D eigenvalue weighted by Gasteiger charge is -2.16. The topological polar surface area (TPSA) is 60.8 Å². The van der Waals surface area contributed by atoms with Gasteiger partial charge < -0.3 is 15.1 Å². The van der Waals surface area contributed by atoms with Gasteiger partial charge in [-0.25, -0.2) is 0 Å². The maximum Gasteiger partial charge on any atom is 0.263 e. The highest BCUT2D eigenvalue weighted by atomic mass is 32.1. The fraction of sp³-hybridized carbons (Fsp3) is 0.562. The SMILES string of the molecule is Cc1cc(C(=O)N2CCC(C(C)O)C2)sc1C#CCCO. The second kappa shape index (κ2) is 7.08. The van der Waals surface area contributed by atoms with Gasteiger partial charge in [0, 0.05) is 25.4 Å². The van der Waals surface area contributed by atoms with Crippen molar-refractivity contribution >= 4 is 17.2 Å². The van der Waals surface area contributed by atoms with Crippen molar-refractivity contribution in [3.63, 3.8) is 0 Å². The number of hydrogen-bond donors (Lipinski definition) is 2. The number of aliphatic hydroxyl groups excluding tert-OH is 2. The number of carbonyl (C=O) groups excluding carboxylic acids is 1. The smallest absolute Gasteiger partial charge is 0.263 e. The Morgan fingerprint density at radius 1 is 1.62 bits per heavy atom. The van der Waals surface area contributed by atoms with Crippen molar-refractivity contribution < 1.29 is 15.0 Å². The number of aryl methyl sites for hydroxylation is 1. The number of aliphatic hydroxyl groups is 2. The molecule has 1 aliphatic heterocycles. The maximum absolute atomic E-state index is 12.5. The lowest BCUT2D eigenvalue weighted by atomic mass is 10.0. The van der Waals surface area contributed by atoms with E-state index in [4.69, 9.17) is 5.11 Å². The number of rotatable bonds is 3. The first-order valence-electron chi connectivity index (χ1n) is 7.20. The van der Waals surface area contributed by atoms with Crippen LogP contribution in [0.15, 0.2) is 6.07 Å². The molecule has 0 aliphatic carbocycles. The Morgan fingerprint density at radius 3 is 3.00 bits per heavy atom. The van der Waals surface area contributed by atoms with Crippen LogP contribution in [0.25, 0.3) is 0 Å². The molecule has 2 N–H and O–H groups in total. The van der Waals surface area contributed by atoms with Gasteiger partial charge in [0.1, 0.15) is 0 Å². The Labute approximate surface area is 129 Å². The minimum absolute atomic E-state index is 0.0291. The molecule has 0 radical (unpaired) electrons. The third-order valence-electron chi connectivity index (χ3n) is 3.76. The Hall–Kier alpha value is -1.35. The molecule has 114 valence electrons. The van der Waals surface area contributed by atoms with Crippen LogP contribution < -0.4 is 0 Å². The molecule has 5 heteroatoms. The molecular formula is C16H21NO3S. The fourth-order valence-corrected chi connectivity index (χ4v) is 3.45. The van der Waals surface area contributed by atoms with Gasteiger partial charge in [0.2, 0.25) is 0 Å². The van der Waals surface area contributed by atoms with Crippen LogP contribution in [-0.2, 0) is 0 Å². The van der Waals surface area contributed by atoms with Gasteiger partial charge in [-0.2, -0.15) is 0 Å². The Balaban J connectivity index is 2.07. The first kappa shape index (κ1) is 16.0. The first-order chi connectivity index (χ1) is 10.0. The minimum Gasteiger partial charge on any atom is -0.395 e. The van der Waals surface area contributed by atoms with E-state index in [1.165, 1.54) is 11.3 Å². The summed E-state index contributed by atoms with van der Waals surface area (Å²) in [5.74, 6) is 6.10. The highest BCUT2D eigenvalue weighted by Crippen LogP contribution is 2.26. The van der Waals surface area contributed by atoms with E-state index in [9.17, 15) is 9.90 Å². The molecule has 2 heterocycles. The largest absolute Gasteiger partial charge is 0.395 e. The number of carbonyl (C=O) groups is 1. The Kier molecular flexibility index (Phi) is 5.40. The molecule has 0 spiro atoms. The number of thiophene rings is 1. The summed E-state index contributed by atoms with van der Waals surface area (Å²) in [5, 5.41) is 18.4. The molecule has 1 aromatic rings. The highest BCUT2D eigenvalue weighted by molar-refractivity contribution is 7.14. The van der Waals surface area contributed by atoms with E-state index in [1.807, 2.05) is 17.9 Å². The Bertz CT molecular complexity index is 568. The second-order valence-corrected chi connectivity index (χ2v) is 6.49. The van der Waals surface area contributed by atoms with Crippen LogP contribution in [0.4, 0.5) is 0 Å². The van der Waals surface area contributed by atoms with E-state index in [-0.39, 0.29) is 24.5 Å². The highest BCUT2D eigenvalue weighted by Gasteiger charge is 2.30. The first-order valence-corrected chi connectivity index (χ1v) is 8.02. The second-order valence-electron chi connectivity index (χ2n) is 5.44. The maximum atomic E-state index is 12.5. The van der Waals surface area contributed by atoms with Crippen molar-refractivity contribution in [2.24, 2.45) is 5.92 Å². The van der Waals surface area contributed by atoms with Crippen LogP contribution in [0.2, 0.25) is 0 Å². The summed E-state index contributed by atoms with van der Waals surface area (Å²) >= 11 is 1.41. The minimum atomic E-state index is -0.368. The van der Waals surface area contributed by atoms with Gasteiger partial charge in [-0.1, -0.05) is 11.8 Å². The van der Waals surface area contributed by atoms with Crippen LogP contribution in [0.5, 0.6) is 0 Å². The molecule has 0 bridgehead atoms. The van der Waals surface area contributed by atoms with Gasteiger partial charge in [-0.05, 0) is 31.9 Å². The number of likely N-dealkylation sites (tertiary alicyclic amines) is 1. The van der Waals surface area contributed by atoms with E-state index < -0.39 is 0 Å². The quantitative estimate of drug-likeness (QED) is 0.835. The van der Waals surface area contributed by atoms with Crippen molar-refractivity contribution in [2.75, 3.05) is 19.7 Å². The summed E-state index contributed by atoms with van der Waals surface area (Å²) in [7, 11) is 0. The van der Waals surface area contributed by atoms with Crippen LogP contribution in [-0.4, -0.2) is 46.8 Å². The predicted molar refractivity (Wildman–Crippen MR) is 83.3 cm³/mol.